The van der Waals surface area contributed by atoms with E-state index in [4.69, 9.17) is 0 Å². The molecule has 16 heavy (non-hydrogen) atoms. The van der Waals surface area contributed by atoms with Gasteiger partial charge in [-0.05, 0) is 18.1 Å². The minimum Gasteiger partial charge on any atom is -0.353 e. The third-order valence-electron chi connectivity index (χ3n) is 2.37. The molecule has 0 aromatic heterocycles. The molecule has 0 heterocycles. The number of rotatable bonds is 5. The third-order valence-corrected chi connectivity index (χ3v) is 3.50. The quantitative estimate of drug-likeness (QED) is 0.798. The van der Waals surface area contributed by atoms with Crippen molar-refractivity contribution in [3.8, 4) is 0 Å². The van der Waals surface area contributed by atoms with Crippen molar-refractivity contribution >= 4 is 17.7 Å². The van der Waals surface area contributed by atoms with Crippen LogP contribution in [0.2, 0.25) is 0 Å². The van der Waals surface area contributed by atoms with Gasteiger partial charge in [0, 0.05) is 23.6 Å². The van der Waals surface area contributed by atoms with Crippen molar-refractivity contribution in [2.24, 2.45) is 5.92 Å². The molecule has 1 rings (SSSR count). The fraction of sp³-hybridized carbons (Fsp3) is 0.462. The first-order valence-electron chi connectivity index (χ1n) is 5.54. The molecule has 3 heteroatoms. The molecular weight excluding hydrogens is 218 g/mol. The van der Waals surface area contributed by atoms with Crippen molar-refractivity contribution < 1.29 is 4.79 Å². The topological polar surface area (TPSA) is 29.1 Å². The summed E-state index contributed by atoms with van der Waals surface area (Å²) in [7, 11) is 0. The van der Waals surface area contributed by atoms with Gasteiger partial charge in [-0.2, -0.15) is 0 Å². The van der Waals surface area contributed by atoms with Crippen LogP contribution in [0.15, 0.2) is 35.2 Å². The van der Waals surface area contributed by atoms with Crippen molar-refractivity contribution in [3.05, 3.63) is 30.3 Å². The zero-order chi connectivity index (χ0) is 12.0. The lowest BCUT2D eigenvalue weighted by molar-refractivity contribution is -0.119. The highest BCUT2D eigenvalue weighted by Crippen LogP contribution is 2.20. The number of benzene rings is 1. The van der Waals surface area contributed by atoms with Crippen molar-refractivity contribution in [2.45, 2.75) is 31.7 Å². The largest absolute Gasteiger partial charge is 0.353 e. The Hall–Kier alpha value is -0.960. The van der Waals surface area contributed by atoms with Crippen LogP contribution in [-0.4, -0.2) is 17.7 Å². The van der Waals surface area contributed by atoms with E-state index in [1.165, 1.54) is 4.90 Å². The van der Waals surface area contributed by atoms with Gasteiger partial charge in [0.1, 0.15) is 0 Å². The summed E-state index contributed by atoms with van der Waals surface area (Å²) in [6, 6.07) is 10.5. The average Bonchev–Trinajstić information content (AvgIpc) is 2.25. The first-order chi connectivity index (χ1) is 7.59. The van der Waals surface area contributed by atoms with Gasteiger partial charge in [0.05, 0.1) is 0 Å². The summed E-state index contributed by atoms with van der Waals surface area (Å²) in [4.78, 5) is 12.3. The van der Waals surface area contributed by atoms with Gasteiger partial charge >= 0.3 is 0 Å². The van der Waals surface area contributed by atoms with Crippen LogP contribution in [0.1, 0.15) is 20.8 Å². The number of amides is 1. The van der Waals surface area contributed by atoms with E-state index in [2.05, 4.69) is 31.3 Å². The molecule has 0 saturated carbocycles. The SMILES string of the molecule is CC(=O)N[C@@H](CSc1ccccc1)C(C)C. The first-order valence-corrected chi connectivity index (χ1v) is 6.53. The van der Waals surface area contributed by atoms with Crippen molar-refractivity contribution in [2.75, 3.05) is 5.75 Å². The average molecular weight is 237 g/mol. The Labute approximate surface area is 102 Å². The summed E-state index contributed by atoms with van der Waals surface area (Å²) >= 11 is 1.78. The third kappa shape index (κ3) is 4.71. The maximum atomic E-state index is 11.0. The summed E-state index contributed by atoms with van der Waals surface area (Å²) in [6.45, 7) is 5.83. The molecule has 1 aromatic carbocycles. The van der Waals surface area contributed by atoms with E-state index in [-0.39, 0.29) is 11.9 Å². The minimum atomic E-state index is 0.0485. The monoisotopic (exact) mass is 237 g/mol. The highest BCUT2D eigenvalue weighted by Gasteiger charge is 2.14. The fourth-order valence-corrected chi connectivity index (χ4v) is 2.55. The lowest BCUT2D eigenvalue weighted by atomic mass is 10.1. The Balaban J connectivity index is 2.47. The molecule has 1 atom stereocenters. The Morgan fingerprint density at radius 3 is 2.44 bits per heavy atom. The molecule has 0 fully saturated rings. The van der Waals surface area contributed by atoms with Gasteiger partial charge < -0.3 is 5.32 Å². The summed E-state index contributed by atoms with van der Waals surface area (Å²) in [5.74, 6) is 1.42. The molecule has 1 amide bonds. The Morgan fingerprint density at radius 2 is 1.94 bits per heavy atom. The highest BCUT2D eigenvalue weighted by atomic mass is 32.2. The fourth-order valence-electron chi connectivity index (χ4n) is 1.36. The van der Waals surface area contributed by atoms with Gasteiger partial charge in [-0.3, -0.25) is 4.79 Å². The lowest BCUT2D eigenvalue weighted by Gasteiger charge is -2.21. The summed E-state index contributed by atoms with van der Waals surface area (Å²) < 4.78 is 0. The second-order valence-corrected chi connectivity index (χ2v) is 5.27. The van der Waals surface area contributed by atoms with Crippen molar-refractivity contribution in [1.82, 2.24) is 5.32 Å². The molecule has 88 valence electrons. The molecule has 0 saturated heterocycles. The zero-order valence-corrected chi connectivity index (χ0v) is 10.9. The van der Waals surface area contributed by atoms with Crippen molar-refractivity contribution in [1.29, 1.82) is 0 Å². The van der Waals surface area contributed by atoms with Gasteiger partial charge in [0.15, 0.2) is 0 Å². The van der Waals surface area contributed by atoms with E-state index in [9.17, 15) is 4.79 Å². The van der Waals surface area contributed by atoms with Crippen LogP contribution in [0.3, 0.4) is 0 Å². The van der Waals surface area contributed by atoms with E-state index in [1.807, 2.05) is 18.2 Å². The van der Waals surface area contributed by atoms with Crippen molar-refractivity contribution in [3.63, 3.8) is 0 Å². The van der Waals surface area contributed by atoms with Gasteiger partial charge in [0.25, 0.3) is 0 Å². The number of nitrogens with one attached hydrogen (secondary N) is 1. The molecule has 0 aliphatic rings. The van der Waals surface area contributed by atoms with Gasteiger partial charge in [0.2, 0.25) is 5.91 Å². The van der Waals surface area contributed by atoms with E-state index in [1.54, 1.807) is 18.7 Å². The van der Waals surface area contributed by atoms with Gasteiger partial charge in [-0.25, -0.2) is 0 Å². The Kier molecular flexibility index (Phi) is 5.39. The maximum Gasteiger partial charge on any atom is 0.217 e. The van der Waals surface area contributed by atoms with Gasteiger partial charge in [-0.15, -0.1) is 11.8 Å². The minimum absolute atomic E-state index is 0.0485. The predicted molar refractivity (Wildman–Crippen MR) is 69.6 cm³/mol. The number of hydrogen-bond donors (Lipinski definition) is 1. The molecule has 0 aliphatic carbocycles. The number of carbonyl (C=O) groups excluding carboxylic acids is 1. The van der Waals surface area contributed by atoms with Crippen LogP contribution in [0.4, 0.5) is 0 Å². The lowest BCUT2D eigenvalue weighted by Crippen LogP contribution is -2.39. The number of hydrogen-bond acceptors (Lipinski definition) is 2. The molecule has 0 spiro atoms. The molecule has 0 bridgehead atoms. The summed E-state index contributed by atoms with van der Waals surface area (Å²) in [5, 5.41) is 2.99. The smallest absolute Gasteiger partial charge is 0.217 e. The molecular formula is C13H19NOS. The number of carbonyl (C=O) groups is 1. The molecule has 0 radical (unpaired) electrons. The molecule has 1 aromatic rings. The van der Waals surface area contributed by atoms with Crippen LogP contribution in [-0.2, 0) is 4.79 Å². The predicted octanol–water partition coefficient (Wildman–Crippen LogP) is 2.94. The van der Waals surface area contributed by atoms with E-state index in [0.29, 0.717) is 5.92 Å². The number of thioether (sulfide) groups is 1. The normalized spacial score (nSPS) is 12.5. The van der Waals surface area contributed by atoms with Crippen LogP contribution < -0.4 is 5.32 Å². The van der Waals surface area contributed by atoms with Crippen LogP contribution in [0, 0.1) is 5.92 Å². The molecule has 2 nitrogen and oxygen atoms in total. The zero-order valence-electron chi connectivity index (χ0n) is 10.1. The molecule has 1 N–H and O–H groups in total. The standard InChI is InChI=1S/C13H19NOS/c1-10(2)13(14-11(3)15)9-16-12-7-5-4-6-8-12/h4-8,10,13H,9H2,1-3H3,(H,14,15)/t13-/m0/s1. The second-order valence-electron chi connectivity index (χ2n) is 4.18. The van der Waals surface area contributed by atoms with Gasteiger partial charge in [-0.1, -0.05) is 32.0 Å². The molecule has 0 aliphatic heterocycles. The summed E-state index contributed by atoms with van der Waals surface area (Å²) in [5.41, 5.74) is 0. The first kappa shape index (κ1) is 13.1. The van der Waals surface area contributed by atoms with E-state index >= 15 is 0 Å². The van der Waals surface area contributed by atoms with E-state index < -0.39 is 0 Å². The highest BCUT2D eigenvalue weighted by molar-refractivity contribution is 7.99. The Morgan fingerprint density at radius 1 is 1.31 bits per heavy atom. The van der Waals surface area contributed by atoms with Crippen LogP contribution in [0.5, 0.6) is 0 Å². The summed E-state index contributed by atoms with van der Waals surface area (Å²) in [6.07, 6.45) is 0. The van der Waals surface area contributed by atoms with Crippen LogP contribution >= 0.6 is 11.8 Å². The van der Waals surface area contributed by atoms with E-state index in [0.717, 1.165) is 5.75 Å². The molecule has 0 unspecified atom stereocenters. The Bertz CT molecular complexity index is 324. The second kappa shape index (κ2) is 6.59. The van der Waals surface area contributed by atoms with Crippen LogP contribution in [0.25, 0.3) is 0 Å². The maximum absolute atomic E-state index is 11.0.